The lowest BCUT2D eigenvalue weighted by Gasteiger charge is -2.20. The fourth-order valence-corrected chi connectivity index (χ4v) is 3.88. The summed E-state index contributed by atoms with van der Waals surface area (Å²) in [4.78, 5) is 23.6. The van der Waals surface area contributed by atoms with Crippen LogP contribution in [0.4, 0.5) is 9.52 Å². The molecule has 0 spiro atoms. The van der Waals surface area contributed by atoms with Crippen molar-refractivity contribution >= 4 is 32.6 Å². The van der Waals surface area contributed by atoms with Gasteiger partial charge in [0.2, 0.25) is 0 Å². The van der Waals surface area contributed by atoms with Gasteiger partial charge in [-0.05, 0) is 54.4 Å². The predicted molar refractivity (Wildman–Crippen MR) is 106 cm³/mol. The number of nitrogens with zero attached hydrogens (tertiary/aromatic N) is 3. The molecule has 0 saturated heterocycles. The van der Waals surface area contributed by atoms with Crippen LogP contribution in [-0.2, 0) is 6.54 Å². The van der Waals surface area contributed by atoms with Crippen LogP contribution in [0, 0.1) is 12.7 Å². The van der Waals surface area contributed by atoms with Gasteiger partial charge in [-0.1, -0.05) is 29.5 Å². The molecule has 134 valence electrons. The normalized spacial score (nSPS) is 10.9. The van der Waals surface area contributed by atoms with Crippen LogP contribution >= 0.6 is 11.3 Å². The maximum Gasteiger partial charge on any atom is 0.260 e. The molecule has 4 rings (SSSR count). The summed E-state index contributed by atoms with van der Waals surface area (Å²) in [5.41, 5.74) is 3.26. The van der Waals surface area contributed by atoms with Gasteiger partial charge >= 0.3 is 0 Å². The average molecular weight is 377 g/mol. The van der Waals surface area contributed by atoms with E-state index in [1.165, 1.54) is 35.6 Å². The summed E-state index contributed by atoms with van der Waals surface area (Å²) in [5.74, 6) is -0.600. The van der Waals surface area contributed by atoms with E-state index in [-0.39, 0.29) is 11.7 Å². The molecule has 0 N–H and O–H groups in total. The minimum Gasteiger partial charge on any atom is -0.279 e. The van der Waals surface area contributed by atoms with Crippen molar-refractivity contribution in [3.05, 3.63) is 89.5 Å². The molecule has 0 aliphatic heterocycles. The number of amides is 1. The molecule has 4 aromatic rings. The maximum atomic E-state index is 13.3. The average Bonchev–Trinajstić information content (AvgIpc) is 3.12. The van der Waals surface area contributed by atoms with Gasteiger partial charge in [-0.2, -0.15) is 0 Å². The number of pyridine rings is 1. The molecule has 1 amide bonds. The molecule has 2 aromatic heterocycles. The number of aryl methyl sites for hydroxylation is 1. The van der Waals surface area contributed by atoms with Crippen molar-refractivity contribution in [3.63, 3.8) is 0 Å². The number of fused-ring (bicyclic) bond motifs is 1. The first-order chi connectivity index (χ1) is 13.1. The van der Waals surface area contributed by atoms with Gasteiger partial charge in [0.1, 0.15) is 5.82 Å². The highest BCUT2D eigenvalue weighted by Crippen LogP contribution is 2.32. The number of aromatic nitrogens is 2. The number of carbonyl (C=O) groups excluding carboxylic acids is 1. The van der Waals surface area contributed by atoms with Gasteiger partial charge < -0.3 is 0 Å². The largest absolute Gasteiger partial charge is 0.279 e. The summed E-state index contributed by atoms with van der Waals surface area (Å²) in [7, 11) is 0. The van der Waals surface area contributed by atoms with Crippen molar-refractivity contribution < 1.29 is 9.18 Å². The van der Waals surface area contributed by atoms with Gasteiger partial charge in [0.15, 0.2) is 5.13 Å². The summed E-state index contributed by atoms with van der Waals surface area (Å²) in [6.07, 6.45) is 3.42. The first kappa shape index (κ1) is 17.3. The van der Waals surface area contributed by atoms with Gasteiger partial charge in [-0.3, -0.25) is 14.7 Å². The predicted octanol–water partition coefficient (Wildman–Crippen LogP) is 4.99. The molecule has 4 nitrogen and oxygen atoms in total. The minimum atomic E-state index is -0.374. The number of para-hydroxylation sites is 1. The number of benzene rings is 2. The molecule has 0 bridgehead atoms. The quantitative estimate of drug-likeness (QED) is 0.504. The SMILES string of the molecule is Cc1cccc2sc(N(Cc3cccnc3)C(=O)c3ccc(F)cc3)nc12. The van der Waals surface area contributed by atoms with Crippen LogP contribution < -0.4 is 4.90 Å². The molecule has 0 saturated carbocycles. The highest BCUT2D eigenvalue weighted by atomic mass is 32.1. The Balaban J connectivity index is 1.78. The highest BCUT2D eigenvalue weighted by molar-refractivity contribution is 7.22. The highest BCUT2D eigenvalue weighted by Gasteiger charge is 2.22. The van der Waals surface area contributed by atoms with Crippen molar-refractivity contribution in [2.45, 2.75) is 13.5 Å². The Kier molecular flexibility index (Phi) is 4.64. The third-order valence-electron chi connectivity index (χ3n) is 4.24. The van der Waals surface area contributed by atoms with Crippen LogP contribution in [0.2, 0.25) is 0 Å². The second-order valence-electron chi connectivity index (χ2n) is 6.18. The van der Waals surface area contributed by atoms with E-state index in [2.05, 4.69) is 4.98 Å². The van der Waals surface area contributed by atoms with E-state index in [4.69, 9.17) is 4.98 Å². The van der Waals surface area contributed by atoms with Crippen LogP contribution in [0.5, 0.6) is 0 Å². The number of anilines is 1. The fraction of sp³-hybridized carbons (Fsp3) is 0.0952. The molecule has 0 atom stereocenters. The Morgan fingerprint density at radius 2 is 1.93 bits per heavy atom. The molecule has 0 fully saturated rings. The number of thiazole rings is 1. The Hall–Kier alpha value is -3.12. The van der Waals surface area contributed by atoms with Crippen LogP contribution in [0.25, 0.3) is 10.2 Å². The third kappa shape index (κ3) is 3.57. The lowest BCUT2D eigenvalue weighted by atomic mass is 10.2. The molecular weight excluding hydrogens is 361 g/mol. The maximum absolute atomic E-state index is 13.3. The van der Waals surface area contributed by atoms with E-state index in [0.29, 0.717) is 17.2 Å². The third-order valence-corrected chi connectivity index (χ3v) is 5.28. The second-order valence-corrected chi connectivity index (χ2v) is 7.19. The van der Waals surface area contributed by atoms with Gasteiger partial charge in [0, 0.05) is 18.0 Å². The van der Waals surface area contributed by atoms with Crippen LogP contribution in [0.3, 0.4) is 0 Å². The molecule has 2 heterocycles. The Morgan fingerprint density at radius 1 is 1.11 bits per heavy atom. The monoisotopic (exact) mass is 377 g/mol. The molecule has 0 unspecified atom stereocenters. The van der Waals surface area contributed by atoms with E-state index < -0.39 is 0 Å². The van der Waals surface area contributed by atoms with E-state index in [1.807, 2.05) is 37.3 Å². The Bertz CT molecular complexity index is 1090. The van der Waals surface area contributed by atoms with Crippen molar-refractivity contribution in [1.82, 2.24) is 9.97 Å². The zero-order valence-corrected chi connectivity index (χ0v) is 15.4. The number of hydrogen-bond donors (Lipinski definition) is 0. The topological polar surface area (TPSA) is 46.1 Å². The summed E-state index contributed by atoms with van der Waals surface area (Å²) in [6.45, 7) is 2.34. The first-order valence-corrected chi connectivity index (χ1v) is 9.26. The smallest absolute Gasteiger partial charge is 0.260 e. The van der Waals surface area contributed by atoms with Gasteiger partial charge in [-0.15, -0.1) is 0 Å². The fourth-order valence-electron chi connectivity index (χ4n) is 2.84. The molecule has 0 aliphatic carbocycles. The van der Waals surface area contributed by atoms with E-state index in [1.54, 1.807) is 17.3 Å². The van der Waals surface area contributed by atoms with Crippen LogP contribution in [-0.4, -0.2) is 15.9 Å². The lowest BCUT2D eigenvalue weighted by molar-refractivity contribution is 0.0985. The Labute approximate surface area is 159 Å². The Morgan fingerprint density at radius 3 is 2.63 bits per heavy atom. The molecule has 2 aromatic carbocycles. The number of halogens is 1. The van der Waals surface area contributed by atoms with Crippen molar-refractivity contribution in [3.8, 4) is 0 Å². The standard InChI is InChI=1S/C21H16FN3OS/c1-14-4-2-6-18-19(14)24-21(27-18)25(13-15-5-3-11-23-12-15)20(26)16-7-9-17(22)10-8-16/h2-12H,13H2,1H3. The zero-order chi connectivity index (χ0) is 18.8. The van der Waals surface area contributed by atoms with Crippen molar-refractivity contribution in [2.24, 2.45) is 0 Å². The summed E-state index contributed by atoms with van der Waals surface area (Å²) < 4.78 is 14.3. The van der Waals surface area contributed by atoms with E-state index in [9.17, 15) is 9.18 Å². The van der Waals surface area contributed by atoms with E-state index in [0.717, 1.165) is 21.3 Å². The van der Waals surface area contributed by atoms with Crippen LogP contribution in [0.15, 0.2) is 67.0 Å². The first-order valence-electron chi connectivity index (χ1n) is 8.44. The van der Waals surface area contributed by atoms with Gasteiger partial charge in [-0.25, -0.2) is 9.37 Å². The zero-order valence-electron chi connectivity index (χ0n) is 14.6. The number of hydrogen-bond acceptors (Lipinski definition) is 4. The van der Waals surface area contributed by atoms with Crippen molar-refractivity contribution in [1.29, 1.82) is 0 Å². The van der Waals surface area contributed by atoms with Crippen LogP contribution in [0.1, 0.15) is 21.5 Å². The van der Waals surface area contributed by atoms with Gasteiger partial charge in [0.05, 0.1) is 16.8 Å². The lowest BCUT2D eigenvalue weighted by Crippen LogP contribution is -2.30. The van der Waals surface area contributed by atoms with E-state index >= 15 is 0 Å². The molecule has 0 aliphatic rings. The van der Waals surface area contributed by atoms with Crippen molar-refractivity contribution in [2.75, 3.05) is 4.90 Å². The second kappa shape index (κ2) is 7.25. The van der Waals surface area contributed by atoms with Gasteiger partial charge in [0.25, 0.3) is 5.91 Å². The molecular formula is C21H16FN3OS. The molecule has 27 heavy (non-hydrogen) atoms. The molecule has 0 radical (unpaired) electrons. The number of rotatable bonds is 4. The summed E-state index contributed by atoms with van der Waals surface area (Å²) in [6, 6.07) is 15.3. The summed E-state index contributed by atoms with van der Waals surface area (Å²) >= 11 is 1.46. The minimum absolute atomic E-state index is 0.226. The summed E-state index contributed by atoms with van der Waals surface area (Å²) in [5, 5.41) is 0.609. The number of carbonyl (C=O) groups is 1. The molecule has 6 heteroatoms.